The fourth-order valence-electron chi connectivity index (χ4n) is 1.84. The molecule has 0 atom stereocenters. The number of aromatic amines is 1. The number of aryl methyl sites for hydroxylation is 1. The van der Waals surface area contributed by atoms with Crippen LogP contribution in [-0.4, -0.2) is 21.1 Å². The van der Waals surface area contributed by atoms with Crippen molar-refractivity contribution in [3.05, 3.63) is 55.4 Å². The highest BCUT2D eigenvalue weighted by molar-refractivity contribution is 9.10. The molecule has 3 aromatic rings. The molecule has 0 amide bonds. The molecular weight excluding hydrogens is 368 g/mol. The van der Waals surface area contributed by atoms with Crippen LogP contribution in [0.5, 0.6) is 0 Å². The van der Waals surface area contributed by atoms with Crippen molar-refractivity contribution in [3.8, 4) is 11.4 Å². The van der Waals surface area contributed by atoms with Gasteiger partial charge in [0.25, 0.3) is 0 Å². The van der Waals surface area contributed by atoms with Crippen LogP contribution in [0.3, 0.4) is 0 Å². The van der Waals surface area contributed by atoms with Crippen LogP contribution >= 0.6 is 39.5 Å². The Kier molecular flexibility index (Phi) is 4.14. The van der Waals surface area contributed by atoms with Gasteiger partial charge >= 0.3 is 0 Å². The van der Waals surface area contributed by atoms with Gasteiger partial charge in [0.1, 0.15) is 0 Å². The highest BCUT2D eigenvalue weighted by Gasteiger charge is 2.11. The van der Waals surface area contributed by atoms with E-state index in [1.165, 1.54) is 5.56 Å². The van der Waals surface area contributed by atoms with Gasteiger partial charge in [-0.3, -0.25) is 0 Å². The summed E-state index contributed by atoms with van der Waals surface area (Å²) in [4.78, 5) is 1.11. The van der Waals surface area contributed by atoms with Crippen LogP contribution in [0.25, 0.3) is 11.4 Å². The first-order valence-corrected chi connectivity index (χ1v) is 8.25. The van der Waals surface area contributed by atoms with Gasteiger partial charge in [0, 0.05) is 10.0 Å². The van der Waals surface area contributed by atoms with Crippen LogP contribution in [0.2, 0.25) is 0 Å². The molecule has 1 N–H and O–H groups in total. The Hall–Kier alpha value is -1.57. The standard InChI is InChI=1S/C14H11BrN4S2/c1-9-6-7-21-12(9)8-16-19-13(17-18-14(19)20)10-4-2-3-5-11(10)15/h2-8H,1H3,(H,18,20)/b16-8-. The molecule has 0 radical (unpaired) electrons. The van der Waals surface area contributed by atoms with Crippen molar-refractivity contribution in [3.63, 3.8) is 0 Å². The van der Waals surface area contributed by atoms with Gasteiger partial charge in [0.05, 0.1) is 11.1 Å². The monoisotopic (exact) mass is 378 g/mol. The largest absolute Gasteiger partial charge is 0.250 e. The Balaban J connectivity index is 2.07. The Bertz CT molecular complexity index is 860. The van der Waals surface area contributed by atoms with Crippen LogP contribution in [-0.2, 0) is 0 Å². The third-order valence-electron chi connectivity index (χ3n) is 2.96. The minimum Gasteiger partial charge on any atom is -0.250 e. The maximum Gasteiger partial charge on any atom is 0.216 e. The van der Waals surface area contributed by atoms with Gasteiger partial charge in [0.15, 0.2) is 5.82 Å². The molecule has 7 heteroatoms. The number of rotatable bonds is 3. The summed E-state index contributed by atoms with van der Waals surface area (Å²) in [5.74, 6) is 0.679. The van der Waals surface area contributed by atoms with E-state index in [0.717, 1.165) is 14.9 Å². The number of halogens is 1. The molecule has 0 fully saturated rings. The third kappa shape index (κ3) is 2.90. The molecule has 0 bridgehead atoms. The lowest BCUT2D eigenvalue weighted by Crippen LogP contribution is -1.95. The number of thiophene rings is 1. The summed E-state index contributed by atoms with van der Waals surface area (Å²) in [6, 6.07) is 9.91. The Morgan fingerprint density at radius 2 is 2.19 bits per heavy atom. The SMILES string of the molecule is Cc1ccsc1/C=N\n1c(-c2ccccc2Br)n[nH]c1=S. The van der Waals surface area contributed by atoms with E-state index in [2.05, 4.69) is 44.2 Å². The van der Waals surface area contributed by atoms with Crippen molar-refractivity contribution >= 4 is 45.7 Å². The van der Waals surface area contributed by atoms with E-state index >= 15 is 0 Å². The molecule has 1 aromatic carbocycles. The zero-order valence-electron chi connectivity index (χ0n) is 11.1. The molecule has 2 heterocycles. The summed E-state index contributed by atoms with van der Waals surface area (Å²) >= 11 is 10.4. The molecule has 106 valence electrons. The minimum atomic E-state index is 0.464. The second-order valence-electron chi connectivity index (χ2n) is 4.36. The number of aromatic nitrogens is 3. The van der Waals surface area contributed by atoms with Gasteiger partial charge in [-0.1, -0.05) is 28.1 Å². The van der Waals surface area contributed by atoms with E-state index in [1.54, 1.807) is 16.0 Å². The molecule has 0 spiro atoms. The topological polar surface area (TPSA) is 46.0 Å². The van der Waals surface area contributed by atoms with E-state index in [0.29, 0.717) is 10.6 Å². The number of hydrogen-bond donors (Lipinski definition) is 1. The molecule has 3 rings (SSSR count). The summed E-state index contributed by atoms with van der Waals surface area (Å²) < 4.78 is 3.04. The van der Waals surface area contributed by atoms with Crippen molar-refractivity contribution in [2.24, 2.45) is 5.10 Å². The highest BCUT2D eigenvalue weighted by atomic mass is 79.9. The van der Waals surface area contributed by atoms with Gasteiger partial charge in [-0.05, 0) is 48.3 Å². The molecule has 2 aromatic heterocycles. The zero-order valence-corrected chi connectivity index (χ0v) is 14.3. The van der Waals surface area contributed by atoms with Crippen LogP contribution in [0.4, 0.5) is 0 Å². The number of nitrogens with zero attached hydrogens (tertiary/aromatic N) is 3. The van der Waals surface area contributed by atoms with E-state index in [-0.39, 0.29) is 0 Å². The molecule has 21 heavy (non-hydrogen) atoms. The molecule has 0 aliphatic heterocycles. The van der Waals surface area contributed by atoms with Gasteiger partial charge < -0.3 is 0 Å². The van der Waals surface area contributed by atoms with E-state index in [4.69, 9.17) is 12.2 Å². The fourth-order valence-corrected chi connectivity index (χ4v) is 3.26. The molecule has 0 aliphatic rings. The minimum absolute atomic E-state index is 0.464. The lowest BCUT2D eigenvalue weighted by Gasteiger charge is -2.03. The van der Waals surface area contributed by atoms with Crippen LogP contribution in [0.1, 0.15) is 10.4 Å². The van der Waals surface area contributed by atoms with Gasteiger partial charge in [-0.2, -0.15) is 14.9 Å². The summed E-state index contributed by atoms with van der Waals surface area (Å²) in [5.41, 5.74) is 2.13. The second-order valence-corrected chi connectivity index (χ2v) is 6.55. The average Bonchev–Trinajstić information content (AvgIpc) is 3.04. The third-order valence-corrected chi connectivity index (χ3v) is 4.87. The van der Waals surface area contributed by atoms with E-state index in [9.17, 15) is 0 Å². The highest BCUT2D eigenvalue weighted by Crippen LogP contribution is 2.26. The van der Waals surface area contributed by atoms with E-state index < -0.39 is 0 Å². The van der Waals surface area contributed by atoms with Crippen molar-refractivity contribution < 1.29 is 0 Å². The molecule has 0 saturated heterocycles. The number of nitrogens with one attached hydrogen (secondary N) is 1. The predicted molar refractivity (Wildman–Crippen MR) is 92.6 cm³/mol. The number of benzene rings is 1. The molecule has 0 saturated carbocycles. The lowest BCUT2D eigenvalue weighted by atomic mass is 10.2. The maximum absolute atomic E-state index is 5.26. The van der Waals surface area contributed by atoms with Crippen molar-refractivity contribution in [1.82, 2.24) is 14.9 Å². The van der Waals surface area contributed by atoms with Gasteiger partial charge in [-0.25, -0.2) is 5.10 Å². The first-order chi connectivity index (χ1) is 10.2. The first kappa shape index (κ1) is 14.4. The van der Waals surface area contributed by atoms with Gasteiger partial charge in [0.2, 0.25) is 4.77 Å². The maximum atomic E-state index is 5.26. The Morgan fingerprint density at radius 3 is 2.90 bits per heavy atom. The quantitative estimate of drug-likeness (QED) is 0.533. The summed E-state index contributed by atoms with van der Waals surface area (Å²) in [6.07, 6.45) is 1.81. The number of hydrogen-bond acceptors (Lipinski definition) is 4. The van der Waals surface area contributed by atoms with E-state index in [1.807, 2.05) is 35.9 Å². The Labute approximate surface area is 139 Å². The smallest absolute Gasteiger partial charge is 0.216 e. The predicted octanol–water partition coefficient (Wildman–Crippen LogP) is 4.62. The summed E-state index contributed by atoms with van der Waals surface area (Å²) in [5, 5.41) is 13.6. The van der Waals surface area contributed by atoms with Crippen molar-refractivity contribution in [2.75, 3.05) is 0 Å². The van der Waals surface area contributed by atoms with Crippen molar-refractivity contribution in [1.29, 1.82) is 0 Å². The van der Waals surface area contributed by atoms with Crippen LogP contribution in [0.15, 0.2) is 45.3 Å². The second kappa shape index (κ2) is 6.05. The first-order valence-electron chi connectivity index (χ1n) is 6.17. The average molecular weight is 379 g/mol. The van der Waals surface area contributed by atoms with Crippen molar-refractivity contribution in [2.45, 2.75) is 6.92 Å². The summed E-state index contributed by atoms with van der Waals surface area (Å²) in [7, 11) is 0. The number of H-pyrrole nitrogens is 1. The van der Waals surface area contributed by atoms with Gasteiger partial charge in [-0.15, -0.1) is 11.3 Å². The lowest BCUT2D eigenvalue weighted by molar-refractivity contribution is 0.871. The van der Waals surface area contributed by atoms with Crippen LogP contribution < -0.4 is 0 Å². The fraction of sp³-hybridized carbons (Fsp3) is 0.0714. The molecule has 4 nitrogen and oxygen atoms in total. The molecule has 0 aliphatic carbocycles. The normalized spacial score (nSPS) is 11.3. The zero-order chi connectivity index (χ0) is 14.8. The molecular formula is C14H11BrN4S2. The Morgan fingerprint density at radius 1 is 1.38 bits per heavy atom. The van der Waals surface area contributed by atoms with Crippen LogP contribution in [0, 0.1) is 11.7 Å². The summed E-state index contributed by atoms with van der Waals surface area (Å²) in [6.45, 7) is 2.06. The molecule has 0 unspecified atom stereocenters.